The number of furan rings is 1. The molecular formula is C19H24N2O3S. The van der Waals surface area contributed by atoms with Crippen LogP contribution in [0, 0.1) is 0 Å². The average Bonchev–Trinajstić information content (AvgIpc) is 3.35. The van der Waals surface area contributed by atoms with Crippen molar-refractivity contribution in [3.8, 4) is 5.75 Å². The van der Waals surface area contributed by atoms with Gasteiger partial charge in [0.1, 0.15) is 11.5 Å². The fraction of sp³-hybridized carbons (Fsp3) is 0.421. The molecule has 1 atom stereocenters. The lowest BCUT2D eigenvalue weighted by molar-refractivity contribution is 0.0930. The van der Waals surface area contributed by atoms with Gasteiger partial charge in [-0.05, 0) is 62.5 Å². The fourth-order valence-electron chi connectivity index (χ4n) is 3.21. The van der Waals surface area contributed by atoms with Gasteiger partial charge in [-0.2, -0.15) is 0 Å². The van der Waals surface area contributed by atoms with Crippen molar-refractivity contribution in [3.05, 3.63) is 47.9 Å². The van der Waals surface area contributed by atoms with Gasteiger partial charge in [-0.3, -0.25) is 9.69 Å². The molecule has 0 bridgehead atoms. The van der Waals surface area contributed by atoms with Crippen molar-refractivity contribution >= 4 is 17.7 Å². The first-order chi connectivity index (χ1) is 12.2. The third kappa shape index (κ3) is 4.19. The topological polar surface area (TPSA) is 54.7 Å². The second-order valence-corrected chi connectivity index (χ2v) is 6.93. The average molecular weight is 360 g/mol. The molecule has 1 aromatic heterocycles. The van der Waals surface area contributed by atoms with Crippen LogP contribution in [0.25, 0.3) is 0 Å². The first-order valence-corrected chi connectivity index (χ1v) is 9.73. The molecule has 1 unspecified atom stereocenters. The fourth-order valence-corrected chi connectivity index (χ4v) is 3.64. The minimum absolute atomic E-state index is 0.0675. The van der Waals surface area contributed by atoms with Gasteiger partial charge >= 0.3 is 0 Å². The van der Waals surface area contributed by atoms with Crippen LogP contribution in [-0.2, 0) is 0 Å². The zero-order chi connectivity index (χ0) is 17.6. The molecule has 5 nitrogen and oxygen atoms in total. The minimum atomic E-state index is -0.125. The van der Waals surface area contributed by atoms with Gasteiger partial charge in [0.2, 0.25) is 0 Å². The van der Waals surface area contributed by atoms with Crippen LogP contribution in [0.2, 0.25) is 0 Å². The van der Waals surface area contributed by atoms with Crippen molar-refractivity contribution in [3.63, 3.8) is 0 Å². The summed E-state index contributed by atoms with van der Waals surface area (Å²) >= 11 is 1.62. The zero-order valence-electron chi connectivity index (χ0n) is 14.7. The Hall–Kier alpha value is -1.92. The summed E-state index contributed by atoms with van der Waals surface area (Å²) in [7, 11) is 1.59. The molecule has 1 saturated heterocycles. The highest BCUT2D eigenvalue weighted by Crippen LogP contribution is 2.27. The number of nitrogens with zero attached hydrogens (tertiary/aromatic N) is 1. The Morgan fingerprint density at radius 3 is 2.80 bits per heavy atom. The molecule has 2 aromatic rings. The number of nitrogens with one attached hydrogen (secondary N) is 1. The standard InChI is InChI=1S/C19H24N2O3S/c1-23-18-12-14(25-2)7-8-15(18)19(22)20-13-16(17-6-5-11-24-17)21-9-3-4-10-21/h5-8,11-12,16H,3-4,9-10,13H2,1-2H3,(H,20,22). The summed E-state index contributed by atoms with van der Waals surface area (Å²) in [5.74, 6) is 1.37. The molecule has 1 aliphatic heterocycles. The Balaban J connectivity index is 1.71. The van der Waals surface area contributed by atoms with E-state index in [1.54, 1.807) is 25.1 Å². The van der Waals surface area contributed by atoms with Crippen LogP contribution < -0.4 is 10.1 Å². The van der Waals surface area contributed by atoms with E-state index in [-0.39, 0.29) is 11.9 Å². The molecule has 3 rings (SSSR count). The summed E-state index contributed by atoms with van der Waals surface area (Å²) in [6.45, 7) is 2.58. The van der Waals surface area contributed by atoms with Gasteiger partial charge in [-0.25, -0.2) is 0 Å². The molecule has 1 aliphatic rings. The Morgan fingerprint density at radius 2 is 2.16 bits per heavy atom. The summed E-state index contributed by atoms with van der Waals surface area (Å²) < 4.78 is 11.0. The highest BCUT2D eigenvalue weighted by atomic mass is 32.2. The number of carbonyl (C=O) groups is 1. The van der Waals surface area contributed by atoms with Gasteiger partial charge in [-0.1, -0.05) is 0 Å². The van der Waals surface area contributed by atoms with E-state index in [9.17, 15) is 4.79 Å². The van der Waals surface area contributed by atoms with Crippen LogP contribution in [0.5, 0.6) is 5.75 Å². The van der Waals surface area contributed by atoms with E-state index >= 15 is 0 Å². The van der Waals surface area contributed by atoms with Crippen molar-refractivity contribution in [1.82, 2.24) is 10.2 Å². The molecule has 25 heavy (non-hydrogen) atoms. The number of hydrogen-bond donors (Lipinski definition) is 1. The molecule has 2 heterocycles. The normalized spacial score (nSPS) is 15.9. The van der Waals surface area contributed by atoms with E-state index < -0.39 is 0 Å². The third-order valence-corrected chi connectivity index (χ3v) is 5.29. The predicted octanol–water partition coefficient (Wildman–Crippen LogP) is 3.58. The SMILES string of the molecule is COc1cc(SC)ccc1C(=O)NCC(c1ccco1)N1CCCC1. The molecule has 134 valence electrons. The number of benzene rings is 1. The lowest BCUT2D eigenvalue weighted by Crippen LogP contribution is -2.36. The summed E-state index contributed by atoms with van der Waals surface area (Å²) in [6, 6.07) is 9.58. The maximum Gasteiger partial charge on any atom is 0.255 e. The summed E-state index contributed by atoms with van der Waals surface area (Å²) in [4.78, 5) is 16.1. The zero-order valence-corrected chi connectivity index (χ0v) is 15.5. The van der Waals surface area contributed by atoms with Gasteiger partial charge in [0.15, 0.2) is 0 Å². The van der Waals surface area contributed by atoms with Crippen LogP contribution in [-0.4, -0.2) is 43.8 Å². The summed E-state index contributed by atoms with van der Waals surface area (Å²) in [6.07, 6.45) is 6.06. The van der Waals surface area contributed by atoms with E-state index in [0.717, 1.165) is 23.7 Å². The number of methoxy groups -OCH3 is 1. The molecule has 1 N–H and O–H groups in total. The monoisotopic (exact) mass is 360 g/mol. The minimum Gasteiger partial charge on any atom is -0.496 e. The Labute approximate surface area is 152 Å². The van der Waals surface area contributed by atoms with Gasteiger partial charge in [-0.15, -0.1) is 11.8 Å². The second kappa shape index (κ2) is 8.45. The number of carbonyl (C=O) groups excluding carboxylic acids is 1. The van der Waals surface area contributed by atoms with Crippen molar-refractivity contribution in [2.45, 2.75) is 23.8 Å². The largest absolute Gasteiger partial charge is 0.496 e. The number of amides is 1. The Bertz CT molecular complexity index is 697. The molecule has 1 amide bonds. The summed E-state index contributed by atoms with van der Waals surface area (Å²) in [5.41, 5.74) is 0.555. The van der Waals surface area contributed by atoms with Crippen LogP contribution in [0.4, 0.5) is 0 Å². The van der Waals surface area contributed by atoms with Gasteiger partial charge in [0, 0.05) is 11.4 Å². The maximum atomic E-state index is 12.7. The lowest BCUT2D eigenvalue weighted by atomic mass is 10.1. The Kier molecular flexibility index (Phi) is 6.04. The van der Waals surface area contributed by atoms with Crippen LogP contribution in [0.3, 0.4) is 0 Å². The van der Waals surface area contributed by atoms with Crippen molar-refractivity contribution in [2.24, 2.45) is 0 Å². The second-order valence-electron chi connectivity index (χ2n) is 6.05. The number of rotatable bonds is 7. The van der Waals surface area contributed by atoms with Crippen molar-refractivity contribution in [1.29, 1.82) is 0 Å². The summed E-state index contributed by atoms with van der Waals surface area (Å²) in [5, 5.41) is 3.05. The highest BCUT2D eigenvalue weighted by molar-refractivity contribution is 7.98. The van der Waals surface area contributed by atoms with Gasteiger partial charge in [0.25, 0.3) is 5.91 Å². The number of ether oxygens (including phenoxy) is 1. The Morgan fingerprint density at radius 1 is 1.36 bits per heavy atom. The lowest BCUT2D eigenvalue weighted by Gasteiger charge is -2.26. The van der Waals surface area contributed by atoms with E-state index in [2.05, 4.69) is 10.2 Å². The van der Waals surface area contributed by atoms with E-state index in [1.807, 2.05) is 36.6 Å². The van der Waals surface area contributed by atoms with Gasteiger partial charge in [0.05, 0.1) is 25.0 Å². The van der Waals surface area contributed by atoms with E-state index in [1.165, 1.54) is 12.8 Å². The first kappa shape index (κ1) is 17.9. The third-order valence-electron chi connectivity index (χ3n) is 4.56. The van der Waals surface area contributed by atoms with E-state index in [4.69, 9.17) is 9.15 Å². The van der Waals surface area contributed by atoms with Gasteiger partial charge < -0.3 is 14.5 Å². The van der Waals surface area contributed by atoms with Crippen LogP contribution >= 0.6 is 11.8 Å². The number of hydrogen-bond acceptors (Lipinski definition) is 5. The molecule has 0 spiro atoms. The number of likely N-dealkylation sites (tertiary alicyclic amines) is 1. The predicted molar refractivity (Wildman–Crippen MR) is 99.4 cm³/mol. The molecule has 1 fully saturated rings. The quantitative estimate of drug-likeness (QED) is 0.765. The molecule has 1 aromatic carbocycles. The molecule has 0 radical (unpaired) electrons. The number of thioether (sulfide) groups is 1. The smallest absolute Gasteiger partial charge is 0.255 e. The van der Waals surface area contributed by atoms with Crippen LogP contribution in [0.15, 0.2) is 45.9 Å². The maximum absolute atomic E-state index is 12.7. The first-order valence-electron chi connectivity index (χ1n) is 8.50. The van der Waals surface area contributed by atoms with Crippen LogP contribution in [0.1, 0.15) is 35.0 Å². The molecule has 6 heteroatoms. The van der Waals surface area contributed by atoms with E-state index in [0.29, 0.717) is 17.9 Å². The highest BCUT2D eigenvalue weighted by Gasteiger charge is 2.26. The van der Waals surface area contributed by atoms with Crippen molar-refractivity contribution in [2.75, 3.05) is 33.0 Å². The molecule has 0 aliphatic carbocycles. The van der Waals surface area contributed by atoms with Crippen molar-refractivity contribution < 1.29 is 13.9 Å². The molecule has 0 saturated carbocycles. The molecular weight excluding hydrogens is 336 g/mol.